The second-order valence-corrected chi connectivity index (χ2v) is 17.0. The highest BCUT2D eigenvalue weighted by Crippen LogP contribution is 2.63. The van der Waals surface area contributed by atoms with E-state index in [1.165, 1.54) is 76.2 Å². The average molecular weight is 729 g/mol. The maximum Gasteiger partial charge on any atom is 0.101 e. The van der Waals surface area contributed by atoms with Crippen molar-refractivity contribution in [2.24, 2.45) is 5.73 Å². The van der Waals surface area contributed by atoms with Gasteiger partial charge in [-0.3, -0.25) is 0 Å². The minimum Gasteiger partial charge on any atom is -0.365 e. The van der Waals surface area contributed by atoms with Crippen LogP contribution in [0.25, 0.3) is 21.2 Å². The molecule has 268 valence electrons. The van der Waals surface area contributed by atoms with Gasteiger partial charge in [-0.2, -0.15) is 0 Å². The Balaban J connectivity index is 1.18. The van der Waals surface area contributed by atoms with E-state index >= 15 is 0 Å². The first-order valence-electron chi connectivity index (χ1n) is 19.5. The Hall–Kier alpha value is -5.74. The smallest absolute Gasteiger partial charge is 0.101 e. The molecule has 0 radical (unpaired) electrons. The van der Waals surface area contributed by atoms with Crippen molar-refractivity contribution in [3.63, 3.8) is 0 Å². The summed E-state index contributed by atoms with van der Waals surface area (Å²) in [7, 11) is 0. The van der Waals surface area contributed by atoms with Crippen molar-refractivity contribution in [1.82, 2.24) is 0 Å². The average Bonchev–Trinajstić information content (AvgIpc) is 3.72. The van der Waals surface area contributed by atoms with Crippen molar-refractivity contribution in [2.45, 2.75) is 50.1 Å². The fourth-order valence-electron chi connectivity index (χ4n) is 9.88. The number of fused-ring (bicyclic) bond motifs is 10. The molecule has 0 aliphatic heterocycles. The van der Waals surface area contributed by atoms with E-state index in [1.807, 2.05) is 11.3 Å². The van der Waals surface area contributed by atoms with E-state index in [2.05, 4.69) is 196 Å². The van der Waals surface area contributed by atoms with Gasteiger partial charge in [0.15, 0.2) is 0 Å². The van der Waals surface area contributed by atoms with Gasteiger partial charge in [0.1, 0.15) is 6.17 Å². The maximum atomic E-state index is 7.29. The molecular formula is C52H44N2S. The van der Waals surface area contributed by atoms with Crippen molar-refractivity contribution >= 4 is 27.1 Å². The molecule has 0 fully saturated rings. The molecule has 10 rings (SSSR count). The largest absolute Gasteiger partial charge is 0.365 e. The molecule has 0 bridgehead atoms. The molecule has 2 atom stereocenters. The van der Waals surface area contributed by atoms with Crippen LogP contribution in [-0.4, -0.2) is 0 Å². The van der Waals surface area contributed by atoms with E-state index in [9.17, 15) is 0 Å². The molecule has 3 N–H and O–H groups in total. The number of nitrogens with one attached hydrogen (secondary N) is 1. The standard InChI is InChI=1S/C52H44N2S/c1-33(35-19-8-5-9-20-35)37-22-16-27-45-48(37)39-32-36(50(53)54-49-38-21-10-15-28-46(38)55-47(49)31-34-17-6-4-7-18-34)29-30-40(39)52(45)43-25-13-11-23-41(43)51(2,3)42-24-12-14-26-44(42)52/h4-30,32-33,50,54H,31,53H2,1-3H3. The number of nitrogens with two attached hydrogens (primary N) is 1. The molecule has 7 aromatic carbocycles. The third-order valence-corrected chi connectivity index (χ3v) is 13.7. The van der Waals surface area contributed by atoms with E-state index < -0.39 is 11.6 Å². The van der Waals surface area contributed by atoms with E-state index in [-0.39, 0.29) is 11.3 Å². The number of rotatable bonds is 7. The number of anilines is 1. The van der Waals surface area contributed by atoms with Gasteiger partial charge in [-0.1, -0.05) is 178 Å². The Labute approximate surface area is 328 Å². The zero-order valence-electron chi connectivity index (χ0n) is 31.5. The number of benzene rings is 7. The first-order chi connectivity index (χ1) is 26.9. The van der Waals surface area contributed by atoms with E-state index in [0.717, 1.165) is 17.7 Å². The third kappa shape index (κ3) is 5.10. The van der Waals surface area contributed by atoms with Crippen molar-refractivity contribution in [3.05, 3.63) is 230 Å². The minimum atomic E-state index is -0.470. The normalized spacial score (nSPS) is 15.5. The molecule has 2 aliphatic carbocycles. The van der Waals surface area contributed by atoms with Crippen LogP contribution in [0.4, 0.5) is 5.69 Å². The van der Waals surface area contributed by atoms with E-state index in [0.29, 0.717) is 0 Å². The van der Waals surface area contributed by atoms with E-state index in [4.69, 9.17) is 5.73 Å². The van der Waals surface area contributed by atoms with Gasteiger partial charge in [0.2, 0.25) is 0 Å². The van der Waals surface area contributed by atoms with Crippen LogP contribution in [0.2, 0.25) is 0 Å². The minimum absolute atomic E-state index is 0.150. The van der Waals surface area contributed by atoms with Gasteiger partial charge < -0.3 is 11.1 Å². The van der Waals surface area contributed by atoms with Gasteiger partial charge in [-0.05, 0) is 78.9 Å². The van der Waals surface area contributed by atoms with Crippen LogP contribution in [0.3, 0.4) is 0 Å². The summed E-state index contributed by atoms with van der Waals surface area (Å²) >= 11 is 1.85. The lowest BCUT2D eigenvalue weighted by Crippen LogP contribution is -2.40. The summed E-state index contributed by atoms with van der Waals surface area (Å²) in [5.41, 5.74) is 23.6. The predicted octanol–water partition coefficient (Wildman–Crippen LogP) is 12.7. The summed E-state index contributed by atoms with van der Waals surface area (Å²) < 4.78 is 1.27. The first kappa shape index (κ1) is 33.8. The lowest BCUT2D eigenvalue weighted by molar-refractivity contribution is 0.563. The monoisotopic (exact) mass is 728 g/mol. The second-order valence-electron chi connectivity index (χ2n) is 15.9. The molecule has 1 spiro atoms. The van der Waals surface area contributed by atoms with Gasteiger partial charge in [0, 0.05) is 32.7 Å². The molecule has 3 heteroatoms. The molecule has 2 aliphatic rings. The first-order valence-corrected chi connectivity index (χ1v) is 20.3. The molecular weight excluding hydrogens is 685 g/mol. The van der Waals surface area contributed by atoms with Crippen molar-refractivity contribution in [1.29, 1.82) is 0 Å². The summed E-state index contributed by atoms with van der Waals surface area (Å²) in [6, 6.07) is 62.8. The summed E-state index contributed by atoms with van der Waals surface area (Å²) in [6.07, 6.45) is 0.437. The molecule has 0 amide bonds. The topological polar surface area (TPSA) is 38.0 Å². The zero-order valence-corrected chi connectivity index (χ0v) is 32.3. The van der Waals surface area contributed by atoms with Gasteiger partial charge in [-0.15, -0.1) is 11.3 Å². The van der Waals surface area contributed by atoms with Crippen molar-refractivity contribution in [2.75, 3.05) is 5.32 Å². The Morgan fingerprint density at radius 3 is 1.89 bits per heavy atom. The quantitative estimate of drug-likeness (QED) is 0.160. The van der Waals surface area contributed by atoms with Gasteiger partial charge >= 0.3 is 0 Å². The zero-order chi connectivity index (χ0) is 37.3. The maximum absolute atomic E-state index is 7.29. The molecule has 2 nitrogen and oxygen atoms in total. The number of hydrogen-bond acceptors (Lipinski definition) is 3. The van der Waals surface area contributed by atoms with Crippen LogP contribution in [-0.2, 0) is 17.3 Å². The molecule has 2 unspecified atom stereocenters. The fourth-order valence-corrected chi connectivity index (χ4v) is 11.1. The highest BCUT2D eigenvalue weighted by Gasteiger charge is 2.53. The van der Waals surface area contributed by atoms with Crippen LogP contribution in [0.5, 0.6) is 0 Å². The Morgan fingerprint density at radius 1 is 0.582 bits per heavy atom. The van der Waals surface area contributed by atoms with Gasteiger partial charge in [0.05, 0.1) is 11.1 Å². The van der Waals surface area contributed by atoms with Gasteiger partial charge in [0.25, 0.3) is 0 Å². The highest BCUT2D eigenvalue weighted by molar-refractivity contribution is 7.19. The molecule has 0 saturated heterocycles. The van der Waals surface area contributed by atoms with Crippen molar-refractivity contribution < 1.29 is 0 Å². The highest BCUT2D eigenvalue weighted by atomic mass is 32.1. The lowest BCUT2D eigenvalue weighted by Gasteiger charge is -2.46. The number of thiophene rings is 1. The third-order valence-electron chi connectivity index (χ3n) is 12.5. The van der Waals surface area contributed by atoms with E-state index in [1.54, 1.807) is 0 Å². The van der Waals surface area contributed by atoms with Crippen molar-refractivity contribution in [3.8, 4) is 11.1 Å². The summed E-state index contributed by atoms with van der Waals surface area (Å²) in [4.78, 5) is 1.30. The van der Waals surface area contributed by atoms with Crippen LogP contribution >= 0.6 is 11.3 Å². The van der Waals surface area contributed by atoms with Crippen LogP contribution < -0.4 is 11.1 Å². The molecule has 0 saturated carbocycles. The van der Waals surface area contributed by atoms with Crippen LogP contribution in [0, 0.1) is 0 Å². The molecule has 55 heavy (non-hydrogen) atoms. The van der Waals surface area contributed by atoms with Gasteiger partial charge in [-0.25, -0.2) is 0 Å². The second kappa shape index (κ2) is 12.9. The number of hydrogen-bond donors (Lipinski definition) is 2. The van der Waals surface area contributed by atoms with Crippen LogP contribution in [0.1, 0.15) is 93.4 Å². The molecule has 1 aromatic heterocycles. The summed E-state index contributed by atoms with van der Waals surface area (Å²) in [5, 5.41) is 5.07. The fraction of sp³-hybridized carbons (Fsp3) is 0.154. The molecule has 8 aromatic rings. The summed E-state index contributed by atoms with van der Waals surface area (Å²) in [5.74, 6) is 0.192. The Morgan fingerprint density at radius 2 is 1.18 bits per heavy atom. The predicted molar refractivity (Wildman–Crippen MR) is 231 cm³/mol. The SMILES string of the molecule is CC(c1ccccc1)c1cccc2c1-c1cc(C(N)Nc3c(Cc4ccccc4)sc4ccccc34)ccc1C21c2ccccc2C(C)(C)c2ccccc21. The summed E-state index contributed by atoms with van der Waals surface area (Å²) in [6.45, 7) is 7.13. The Bertz CT molecular complexity index is 2670. The Kier molecular flexibility index (Phi) is 7.95. The molecule has 1 heterocycles. The van der Waals surface area contributed by atoms with Crippen LogP contribution in [0.15, 0.2) is 170 Å². The lowest BCUT2D eigenvalue weighted by atomic mass is 9.55.